The highest BCUT2D eigenvalue weighted by atomic mass is 16.5. The van der Waals surface area contributed by atoms with Crippen LogP contribution in [-0.2, 0) is 22.5 Å². The molecule has 0 spiro atoms. The van der Waals surface area contributed by atoms with E-state index in [0.717, 1.165) is 18.7 Å². The van der Waals surface area contributed by atoms with Crippen molar-refractivity contribution in [1.29, 1.82) is 0 Å². The van der Waals surface area contributed by atoms with Gasteiger partial charge in [-0.2, -0.15) is 0 Å². The van der Waals surface area contributed by atoms with Crippen LogP contribution in [0.4, 0.5) is 5.82 Å². The van der Waals surface area contributed by atoms with Crippen LogP contribution < -0.4 is 5.32 Å². The van der Waals surface area contributed by atoms with Crippen LogP contribution in [0.15, 0.2) is 37.1 Å². The monoisotopic (exact) mass is 343 g/mol. The molecule has 0 aromatic carbocycles. The second-order valence-electron chi connectivity index (χ2n) is 6.22. The van der Waals surface area contributed by atoms with Crippen molar-refractivity contribution in [2.45, 2.75) is 31.9 Å². The zero-order valence-corrected chi connectivity index (χ0v) is 14.6. The second-order valence-corrected chi connectivity index (χ2v) is 6.22. The van der Waals surface area contributed by atoms with Crippen LogP contribution >= 0.6 is 0 Å². The first kappa shape index (κ1) is 17.4. The summed E-state index contributed by atoms with van der Waals surface area (Å²) in [6, 6.07) is 4.08. The van der Waals surface area contributed by atoms with E-state index in [9.17, 15) is 4.79 Å². The smallest absolute Gasteiger partial charge is 0.224 e. The molecule has 134 valence electrons. The molecule has 1 amide bonds. The quantitative estimate of drug-likeness (QED) is 0.826. The molecule has 0 radical (unpaired) electrons. The van der Waals surface area contributed by atoms with Crippen LogP contribution in [0.1, 0.15) is 18.4 Å². The summed E-state index contributed by atoms with van der Waals surface area (Å²) in [4.78, 5) is 22.6. The molecule has 1 aliphatic heterocycles. The van der Waals surface area contributed by atoms with Crippen molar-refractivity contribution in [3.8, 4) is 0 Å². The summed E-state index contributed by atoms with van der Waals surface area (Å²) >= 11 is 0. The Bertz CT molecular complexity index is 674. The highest BCUT2D eigenvalue weighted by molar-refractivity contribution is 5.76. The Hall–Kier alpha value is -2.41. The Morgan fingerprint density at radius 1 is 1.44 bits per heavy atom. The third-order valence-electron chi connectivity index (χ3n) is 4.47. The van der Waals surface area contributed by atoms with Crippen LogP contribution in [0.3, 0.4) is 0 Å². The first-order chi connectivity index (χ1) is 12.2. The van der Waals surface area contributed by atoms with E-state index in [1.165, 1.54) is 5.56 Å². The van der Waals surface area contributed by atoms with Crippen molar-refractivity contribution in [3.63, 3.8) is 0 Å². The van der Waals surface area contributed by atoms with E-state index in [0.29, 0.717) is 32.7 Å². The maximum Gasteiger partial charge on any atom is 0.224 e. The van der Waals surface area contributed by atoms with E-state index in [4.69, 9.17) is 4.74 Å². The summed E-state index contributed by atoms with van der Waals surface area (Å²) in [6.45, 7) is 2.63. The highest BCUT2D eigenvalue weighted by Crippen LogP contribution is 2.15. The van der Waals surface area contributed by atoms with Crippen molar-refractivity contribution in [3.05, 3.63) is 42.6 Å². The van der Waals surface area contributed by atoms with Crippen LogP contribution in [0, 0.1) is 0 Å². The van der Waals surface area contributed by atoms with Crippen molar-refractivity contribution in [1.82, 2.24) is 19.4 Å². The van der Waals surface area contributed by atoms with Gasteiger partial charge in [0, 0.05) is 51.7 Å². The molecule has 2 aromatic rings. The normalized spacial score (nSPS) is 17.5. The Morgan fingerprint density at radius 2 is 2.36 bits per heavy atom. The lowest BCUT2D eigenvalue weighted by Gasteiger charge is -2.33. The first-order valence-corrected chi connectivity index (χ1v) is 8.72. The maximum absolute atomic E-state index is 12.4. The highest BCUT2D eigenvalue weighted by Gasteiger charge is 2.23. The number of aryl methyl sites for hydroxylation is 2. The molecule has 1 fully saturated rings. The topological polar surface area (TPSA) is 72.3 Å². The molecule has 25 heavy (non-hydrogen) atoms. The van der Waals surface area contributed by atoms with Gasteiger partial charge in [0.1, 0.15) is 5.82 Å². The molecule has 1 aliphatic rings. The summed E-state index contributed by atoms with van der Waals surface area (Å²) in [5, 5.41) is 3.05. The maximum atomic E-state index is 12.4. The molecule has 3 rings (SSSR count). The third kappa shape index (κ3) is 5.03. The average Bonchev–Trinajstić information content (AvgIpc) is 3.18. The molecular formula is C18H25N5O2. The van der Waals surface area contributed by atoms with Gasteiger partial charge in [-0.25, -0.2) is 9.97 Å². The van der Waals surface area contributed by atoms with Gasteiger partial charge in [0.15, 0.2) is 0 Å². The molecule has 1 N–H and O–H groups in total. The van der Waals surface area contributed by atoms with E-state index in [1.54, 1.807) is 12.5 Å². The largest absolute Gasteiger partial charge is 0.375 e. The van der Waals surface area contributed by atoms with Gasteiger partial charge in [0.25, 0.3) is 0 Å². The van der Waals surface area contributed by atoms with E-state index in [1.807, 2.05) is 35.0 Å². The van der Waals surface area contributed by atoms with Crippen molar-refractivity contribution in [2.75, 3.05) is 32.1 Å². The van der Waals surface area contributed by atoms with Gasteiger partial charge in [-0.1, -0.05) is 0 Å². The number of aromatic nitrogens is 3. The molecule has 0 aliphatic carbocycles. The number of ether oxygens (including phenoxy) is 1. The molecule has 1 atom stereocenters. The standard InChI is InChI=1S/C18H25N5O2/c1-19-17-12-15(4-6-21-17)2-3-16-13-23(10-11-25-16)18(24)5-8-22-9-7-20-14-22/h4,6-7,9,12,14,16H,2-3,5,8,10-11,13H2,1H3,(H,19,21)/t16-/m0/s1. The fourth-order valence-electron chi connectivity index (χ4n) is 3.02. The van der Waals surface area contributed by atoms with Crippen molar-refractivity contribution in [2.24, 2.45) is 0 Å². The Morgan fingerprint density at radius 3 is 3.16 bits per heavy atom. The SMILES string of the molecule is CNc1cc(CC[C@H]2CN(C(=O)CCn3ccnc3)CCO2)ccn1. The molecule has 2 aromatic heterocycles. The molecule has 7 heteroatoms. The molecule has 0 unspecified atom stereocenters. The van der Waals surface area contributed by atoms with Gasteiger partial charge in [0.2, 0.25) is 5.91 Å². The molecule has 1 saturated heterocycles. The Labute approximate surface area is 148 Å². The minimum absolute atomic E-state index is 0.0946. The first-order valence-electron chi connectivity index (χ1n) is 8.72. The summed E-state index contributed by atoms with van der Waals surface area (Å²) in [7, 11) is 1.86. The molecule has 7 nitrogen and oxygen atoms in total. The zero-order valence-electron chi connectivity index (χ0n) is 14.6. The van der Waals surface area contributed by atoms with Crippen molar-refractivity contribution >= 4 is 11.7 Å². The number of morpholine rings is 1. The number of hydrogen-bond acceptors (Lipinski definition) is 5. The fourth-order valence-corrected chi connectivity index (χ4v) is 3.02. The van der Waals surface area contributed by atoms with Crippen LogP contribution in [0.2, 0.25) is 0 Å². The number of imidazole rings is 1. The Balaban J connectivity index is 1.46. The van der Waals surface area contributed by atoms with E-state index < -0.39 is 0 Å². The number of hydrogen-bond donors (Lipinski definition) is 1. The fraction of sp³-hybridized carbons (Fsp3) is 0.500. The number of carbonyl (C=O) groups excluding carboxylic acids is 1. The van der Waals surface area contributed by atoms with Crippen LogP contribution in [0.25, 0.3) is 0 Å². The van der Waals surface area contributed by atoms with Gasteiger partial charge in [-0.05, 0) is 30.5 Å². The van der Waals surface area contributed by atoms with Gasteiger partial charge in [-0.3, -0.25) is 4.79 Å². The lowest BCUT2D eigenvalue weighted by Crippen LogP contribution is -2.45. The van der Waals surface area contributed by atoms with Gasteiger partial charge in [0.05, 0.1) is 19.0 Å². The molecule has 0 bridgehead atoms. The van der Waals surface area contributed by atoms with Crippen LogP contribution in [-0.4, -0.2) is 58.2 Å². The third-order valence-corrected chi connectivity index (χ3v) is 4.47. The number of carbonyl (C=O) groups is 1. The summed E-state index contributed by atoms with van der Waals surface area (Å²) in [5.41, 5.74) is 1.23. The minimum Gasteiger partial charge on any atom is -0.375 e. The average molecular weight is 343 g/mol. The molecule has 0 saturated carbocycles. The number of nitrogens with zero attached hydrogens (tertiary/aromatic N) is 4. The number of anilines is 1. The van der Waals surface area contributed by atoms with Crippen molar-refractivity contribution < 1.29 is 9.53 Å². The number of nitrogens with one attached hydrogen (secondary N) is 1. The zero-order chi connectivity index (χ0) is 17.5. The second kappa shape index (κ2) is 8.62. The predicted molar refractivity (Wildman–Crippen MR) is 95.3 cm³/mol. The number of rotatable bonds is 7. The van der Waals surface area contributed by atoms with Gasteiger partial charge >= 0.3 is 0 Å². The summed E-state index contributed by atoms with van der Waals surface area (Å²) in [5.74, 6) is 1.06. The van der Waals surface area contributed by atoms with Gasteiger partial charge in [-0.15, -0.1) is 0 Å². The lowest BCUT2D eigenvalue weighted by atomic mass is 10.1. The molecular weight excluding hydrogens is 318 g/mol. The number of amides is 1. The summed E-state index contributed by atoms with van der Waals surface area (Å²) in [6.07, 6.45) is 9.57. The predicted octanol–water partition coefficient (Wildman–Crippen LogP) is 1.57. The van der Waals surface area contributed by atoms with Gasteiger partial charge < -0.3 is 19.5 Å². The van der Waals surface area contributed by atoms with E-state index in [2.05, 4.69) is 21.4 Å². The lowest BCUT2D eigenvalue weighted by molar-refractivity contribution is -0.139. The minimum atomic E-state index is 0.0946. The van der Waals surface area contributed by atoms with Crippen LogP contribution in [0.5, 0.6) is 0 Å². The van der Waals surface area contributed by atoms with E-state index in [-0.39, 0.29) is 12.0 Å². The van der Waals surface area contributed by atoms with E-state index >= 15 is 0 Å². The summed E-state index contributed by atoms with van der Waals surface area (Å²) < 4.78 is 7.78. The molecule has 3 heterocycles. The Kier molecular flexibility index (Phi) is 6.00. The number of pyridine rings is 1.